The maximum absolute atomic E-state index is 12.8. The van der Waals surface area contributed by atoms with E-state index in [1.165, 1.54) is 7.11 Å². The van der Waals surface area contributed by atoms with Gasteiger partial charge in [-0.1, -0.05) is 11.6 Å². The third kappa shape index (κ3) is 2.70. The highest BCUT2D eigenvalue weighted by atomic mass is 35.5. The first kappa shape index (κ1) is 15.0. The van der Waals surface area contributed by atoms with E-state index in [4.69, 9.17) is 21.4 Å². The van der Waals surface area contributed by atoms with Gasteiger partial charge in [0.2, 0.25) is 0 Å². The summed E-state index contributed by atoms with van der Waals surface area (Å²) in [7, 11) is 1.30. The zero-order chi connectivity index (χ0) is 15.1. The van der Waals surface area contributed by atoms with Gasteiger partial charge in [0, 0.05) is 11.0 Å². The summed E-state index contributed by atoms with van der Waals surface area (Å²) in [5.74, 6) is -0.934. The molecule has 1 fully saturated rings. The predicted molar refractivity (Wildman–Crippen MR) is 66.2 cm³/mol. The molecule has 0 radical (unpaired) electrons. The molecule has 7 heteroatoms. The van der Waals surface area contributed by atoms with Gasteiger partial charge in [0.1, 0.15) is 5.75 Å². The van der Waals surface area contributed by atoms with Crippen LogP contribution in [-0.4, -0.2) is 18.2 Å². The number of ether oxygens (including phenoxy) is 1. The molecule has 1 aromatic carbocycles. The molecule has 2 rings (SSSR count). The van der Waals surface area contributed by atoms with E-state index in [2.05, 4.69) is 0 Å². The molecule has 110 valence electrons. The standard InChI is InChI=1S/C13H12ClF3O3/c1-20-11-8(12(2-3-12)6-10(18)19)4-7(5-9(11)14)13(15,16)17/h4-5H,2-3,6H2,1H3,(H,18,19). The SMILES string of the molecule is COc1c(Cl)cc(C(F)(F)F)cc1C1(CC(=O)O)CC1. The largest absolute Gasteiger partial charge is 0.495 e. The van der Waals surface area contributed by atoms with Crippen LogP contribution >= 0.6 is 11.6 Å². The Bertz CT molecular complexity index is 551. The van der Waals surface area contributed by atoms with E-state index >= 15 is 0 Å². The number of carboxylic acids is 1. The van der Waals surface area contributed by atoms with E-state index in [9.17, 15) is 18.0 Å². The van der Waals surface area contributed by atoms with Crippen LogP contribution in [0.1, 0.15) is 30.4 Å². The van der Waals surface area contributed by atoms with Gasteiger partial charge in [-0.05, 0) is 25.0 Å². The summed E-state index contributed by atoms with van der Waals surface area (Å²) in [5, 5.41) is 8.76. The van der Waals surface area contributed by atoms with E-state index in [1.807, 2.05) is 0 Å². The second-order valence-corrected chi connectivity index (χ2v) is 5.29. The zero-order valence-corrected chi connectivity index (χ0v) is 11.3. The fourth-order valence-corrected chi connectivity index (χ4v) is 2.64. The third-order valence-electron chi connectivity index (χ3n) is 3.49. The van der Waals surface area contributed by atoms with E-state index < -0.39 is 23.1 Å². The maximum atomic E-state index is 12.8. The molecule has 0 atom stereocenters. The van der Waals surface area contributed by atoms with Gasteiger partial charge in [-0.25, -0.2) is 0 Å². The summed E-state index contributed by atoms with van der Waals surface area (Å²) in [5.41, 5.74) is -1.47. The van der Waals surface area contributed by atoms with Gasteiger partial charge in [0.15, 0.2) is 0 Å². The van der Waals surface area contributed by atoms with Crippen LogP contribution in [0.25, 0.3) is 0 Å². The molecule has 0 bridgehead atoms. The van der Waals surface area contributed by atoms with Gasteiger partial charge < -0.3 is 9.84 Å². The van der Waals surface area contributed by atoms with Crippen molar-refractivity contribution in [2.75, 3.05) is 7.11 Å². The van der Waals surface area contributed by atoms with Crippen LogP contribution < -0.4 is 4.74 Å². The predicted octanol–water partition coefficient (Wildman–Crippen LogP) is 3.87. The van der Waals surface area contributed by atoms with E-state index in [0.29, 0.717) is 12.8 Å². The molecule has 1 N–H and O–H groups in total. The third-order valence-corrected chi connectivity index (χ3v) is 3.77. The molecule has 0 spiro atoms. The number of carboxylic acid groups (broad SMARTS) is 1. The average Bonchev–Trinajstić information content (AvgIpc) is 3.06. The van der Waals surface area contributed by atoms with Crippen molar-refractivity contribution in [3.63, 3.8) is 0 Å². The van der Waals surface area contributed by atoms with Crippen molar-refractivity contribution in [2.24, 2.45) is 0 Å². The summed E-state index contributed by atoms with van der Waals surface area (Å²) in [6, 6.07) is 1.74. The molecule has 1 aliphatic rings. The Balaban J connectivity index is 2.56. The Morgan fingerprint density at radius 1 is 1.45 bits per heavy atom. The van der Waals surface area contributed by atoms with Crippen LogP contribution in [0.2, 0.25) is 5.02 Å². The van der Waals surface area contributed by atoms with Crippen LogP contribution in [0.4, 0.5) is 13.2 Å². The van der Waals surface area contributed by atoms with Crippen LogP contribution in [0.15, 0.2) is 12.1 Å². The highest BCUT2D eigenvalue weighted by molar-refractivity contribution is 6.32. The molecule has 0 heterocycles. The van der Waals surface area contributed by atoms with Gasteiger partial charge >= 0.3 is 12.1 Å². The first-order valence-electron chi connectivity index (χ1n) is 5.86. The van der Waals surface area contributed by atoms with Gasteiger partial charge in [-0.3, -0.25) is 4.79 Å². The van der Waals surface area contributed by atoms with Gasteiger partial charge in [-0.2, -0.15) is 13.2 Å². The van der Waals surface area contributed by atoms with Gasteiger partial charge in [0.25, 0.3) is 0 Å². The minimum Gasteiger partial charge on any atom is -0.495 e. The number of halogens is 4. The lowest BCUT2D eigenvalue weighted by atomic mass is 9.90. The highest BCUT2D eigenvalue weighted by Crippen LogP contribution is 2.56. The summed E-state index contributed by atoms with van der Waals surface area (Å²) < 4.78 is 43.6. The minimum absolute atomic E-state index is 0.124. The number of hydrogen-bond acceptors (Lipinski definition) is 2. The molecule has 1 aliphatic carbocycles. The van der Waals surface area contributed by atoms with Crippen molar-refractivity contribution in [1.29, 1.82) is 0 Å². The van der Waals surface area contributed by atoms with Crippen LogP contribution in [0.5, 0.6) is 5.75 Å². The van der Waals surface area contributed by atoms with Crippen molar-refractivity contribution in [1.82, 2.24) is 0 Å². The second kappa shape index (κ2) is 4.84. The van der Waals surface area contributed by atoms with E-state index in [-0.39, 0.29) is 22.8 Å². The fraction of sp³-hybridized carbons (Fsp3) is 0.462. The van der Waals surface area contributed by atoms with Crippen molar-refractivity contribution in [3.05, 3.63) is 28.3 Å². The second-order valence-electron chi connectivity index (χ2n) is 4.89. The average molecular weight is 309 g/mol. The van der Waals surface area contributed by atoms with E-state index in [0.717, 1.165) is 12.1 Å². The summed E-state index contributed by atoms with van der Waals surface area (Å²) in [4.78, 5) is 10.9. The van der Waals surface area contributed by atoms with Crippen molar-refractivity contribution >= 4 is 17.6 Å². The highest BCUT2D eigenvalue weighted by Gasteiger charge is 2.49. The number of carbonyl (C=O) groups is 1. The fourth-order valence-electron chi connectivity index (χ4n) is 2.34. The molecular formula is C13H12ClF3O3. The molecule has 0 amide bonds. The molecule has 0 saturated heterocycles. The van der Waals surface area contributed by atoms with Crippen LogP contribution in [-0.2, 0) is 16.4 Å². The number of hydrogen-bond donors (Lipinski definition) is 1. The monoisotopic (exact) mass is 308 g/mol. The molecule has 0 unspecified atom stereocenters. The lowest BCUT2D eigenvalue weighted by molar-refractivity contribution is -0.138. The van der Waals surface area contributed by atoms with Crippen molar-refractivity contribution in [2.45, 2.75) is 30.9 Å². The Morgan fingerprint density at radius 2 is 2.05 bits per heavy atom. The smallest absolute Gasteiger partial charge is 0.416 e. The van der Waals surface area contributed by atoms with Crippen LogP contribution in [0.3, 0.4) is 0 Å². The molecule has 0 aliphatic heterocycles. The summed E-state index contributed by atoms with van der Waals surface area (Å²) in [6.45, 7) is 0. The first-order valence-corrected chi connectivity index (χ1v) is 6.24. The molecule has 20 heavy (non-hydrogen) atoms. The quantitative estimate of drug-likeness (QED) is 0.918. The Labute approximate surface area is 118 Å². The number of alkyl halides is 3. The first-order chi connectivity index (χ1) is 9.19. The number of methoxy groups -OCH3 is 1. The Kier molecular flexibility index (Phi) is 3.62. The molecule has 3 nitrogen and oxygen atoms in total. The lowest BCUT2D eigenvalue weighted by Gasteiger charge is -2.20. The van der Waals surface area contributed by atoms with Crippen molar-refractivity contribution in [3.8, 4) is 5.75 Å². The normalized spacial score (nSPS) is 16.9. The van der Waals surface area contributed by atoms with Crippen LogP contribution in [0, 0.1) is 0 Å². The molecule has 1 aromatic rings. The summed E-state index contributed by atoms with van der Waals surface area (Å²) >= 11 is 5.84. The molecule has 1 saturated carbocycles. The number of benzene rings is 1. The summed E-state index contributed by atoms with van der Waals surface area (Å²) in [6.07, 6.45) is -3.76. The molecule has 0 aromatic heterocycles. The van der Waals surface area contributed by atoms with E-state index in [1.54, 1.807) is 0 Å². The zero-order valence-electron chi connectivity index (χ0n) is 10.6. The lowest BCUT2D eigenvalue weighted by Crippen LogP contribution is -2.16. The van der Waals surface area contributed by atoms with Gasteiger partial charge in [0.05, 0.1) is 24.1 Å². The van der Waals surface area contributed by atoms with Gasteiger partial charge in [-0.15, -0.1) is 0 Å². The topological polar surface area (TPSA) is 46.5 Å². The molecular weight excluding hydrogens is 297 g/mol. The Hall–Kier alpha value is -1.43. The number of rotatable bonds is 4. The maximum Gasteiger partial charge on any atom is 0.416 e. The van der Waals surface area contributed by atoms with Crippen molar-refractivity contribution < 1.29 is 27.8 Å². The number of aliphatic carboxylic acids is 1. The minimum atomic E-state index is -4.54. The Morgan fingerprint density at radius 3 is 2.45 bits per heavy atom.